The molecule has 0 aliphatic rings. The van der Waals surface area contributed by atoms with Crippen LogP contribution in [0, 0.1) is 10.1 Å². The molecule has 2 aromatic heterocycles. The molecule has 0 amide bonds. The fourth-order valence-electron chi connectivity index (χ4n) is 2.81. The van der Waals surface area contributed by atoms with Crippen LogP contribution in [0.1, 0.15) is 25.2 Å². The maximum absolute atomic E-state index is 12.9. The number of carbonyl (C=O) groups is 1. The van der Waals surface area contributed by atoms with Gasteiger partial charge in [-0.1, -0.05) is 12.1 Å². The van der Waals surface area contributed by atoms with Crippen LogP contribution >= 0.6 is 0 Å². The van der Waals surface area contributed by atoms with Crippen molar-refractivity contribution in [1.29, 1.82) is 0 Å². The Bertz CT molecular complexity index is 1120. The fraction of sp³-hybridized carbons (Fsp3) is 0.158. The molecular weight excluding hydrogens is 352 g/mol. The fourth-order valence-corrected chi connectivity index (χ4v) is 2.81. The summed E-state index contributed by atoms with van der Waals surface area (Å²) in [6.07, 6.45) is 2.85. The number of benzene rings is 1. The van der Waals surface area contributed by atoms with Crippen molar-refractivity contribution in [3.05, 3.63) is 68.2 Å². The molecule has 0 saturated carbocycles. The monoisotopic (exact) mass is 368 g/mol. The average molecular weight is 368 g/mol. The lowest BCUT2D eigenvalue weighted by Crippen LogP contribution is -2.23. The third kappa shape index (κ3) is 3.50. The van der Waals surface area contributed by atoms with Gasteiger partial charge in [0.15, 0.2) is 5.75 Å². The molecule has 3 aromatic rings. The molecule has 0 N–H and O–H groups in total. The molecule has 0 spiro atoms. The van der Waals surface area contributed by atoms with Gasteiger partial charge >= 0.3 is 11.9 Å². The third-order valence-corrected chi connectivity index (χ3v) is 3.93. The number of aryl methyl sites for hydroxylation is 1. The van der Waals surface area contributed by atoms with Gasteiger partial charge in [-0.05, 0) is 37.3 Å². The first-order valence-electron chi connectivity index (χ1n) is 8.18. The second-order valence-electron chi connectivity index (χ2n) is 5.67. The number of nitrogens with zero attached hydrogens (tertiary/aromatic N) is 2. The van der Waals surface area contributed by atoms with Crippen LogP contribution in [0.5, 0.6) is 5.75 Å². The lowest BCUT2D eigenvalue weighted by molar-refractivity contribution is -0.402. The molecule has 3 rings (SSSR count). The number of esters is 1. The lowest BCUT2D eigenvalue weighted by Gasteiger charge is -2.14. The first kappa shape index (κ1) is 18.1. The van der Waals surface area contributed by atoms with E-state index in [0.717, 1.165) is 0 Å². The van der Waals surface area contributed by atoms with E-state index in [4.69, 9.17) is 9.15 Å². The molecule has 8 nitrogen and oxygen atoms in total. The Morgan fingerprint density at radius 2 is 2.00 bits per heavy atom. The molecule has 27 heavy (non-hydrogen) atoms. The number of ether oxygens (including phenoxy) is 1. The summed E-state index contributed by atoms with van der Waals surface area (Å²) in [6.45, 7) is 3.51. The van der Waals surface area contributed by atoms with Crippen molar-refractivity contribution >= 4 is 34.9 Å². The van der Waals surface area contributed by atoms with Crippen LogP contribution in [0.3, 0.4) is 0 Å². The summed E-state index contributed by atoms with van der Waals surface area (Å²) in [6, 6.07) is 9.74. The van der Waals surface area contributed by atoms with Crippen molar-refractivity contribution in [3.63, 3.8) is 0 Å². The molecule has 138 valence electrons. The van der Waals surface area contributed by atoms with Crippen LogP contribution < -0.4 is 10.3 Å². The summed E-state index contributed by atoms with van der Waals surface area (Å²) in [5.74, 6) is -0.618. The van der Waals surface area contributed by atoms with Crippen LogP contribution in [-0.2, 0) is 11.3 Å². The van der Waals surface area contributed by atoms with Gasteiger partial charge < -0.3 is 13.7 Å². The standard InChI is InChI=1S/C19H16N2O6/c1-3-20-16-7-5-4-6-14(16)18(26-12(2)22)15(19(20)23)10-8-13-9-11-17(27-13)21(24)25/h4-11H,3H2,1-2H3/b10-8+. The van der Waals surface area contributed by atoms with E-state index < -0.39 is 16.8 Å². The Labute approximate surface area is 153 Å². The molecule has 0 bridgehead atoms. The van der Waals surface area contributed by atoms with Crippen molar-refractivity contribution in [2.75, 3.05) is 0 Å². The highest BCUT2D eigenvalue weighted by Gasteiger charge is 2.17. The first-order chi connectivity index (χ1) is 12.9. The van der Waals surface area contributed by atoms with E-state index in [9.17, 15) is 19.7 Å². The maximum Gasteiger partial charge on any atom is 0.433 e. The smallest absolute Gasteiger partial charge is 0.425 e. The average Bonchev–Trinajstić information content (AvgIpc) is 3.10. The van der Waals surface area contributed by atoms with Gasteiger partial charge in [0.05, 0.1) is 17.1 Å². The van der Waals surface area contributed by atoms with Crippen LogP contribution in [0.2, 0.25) is 0 Å². The topological polar surface area (TPSA) is 105 Å². The second kappa shape index (κ2) is 7.28. The lowest BCUT2D eigenvalue weighted by atomic mass is 10.1. The van der Waals surface area contributed by atoms with Gasteiger partial charge in [0.1, 0.15) is 10.7 Å². The zero-order valence-corrected chi connectivity index (χ0v) is 14.7. The van der Waals surface area contributed by atoms with Crippen LogP contribution in [0.25, 0.3) is 23.1 Å². The molecule has 0 saturated heterocycles. The predicted molar refractivity (Wildman–Crippen MR) is 99.5 cm³/mol. The van der Waals surface area contributed by atoms with Gasteiger partial charge in [-0.3, -0.25) is 19.7 Å². The van der Waals surface area contributed by atoms with E-state index in [0.29, 0.717) is 17.4 Å². The number of nitro groups is 1. The summed E-state index contributed by atoms with van der Waals surface area (Å²) in [5, 5.41) is 11.3. The molecule has 1 aromatic carbocycles. The molecule has 0 unspecified atom stereocenters. The van der Waals surface area contributed by atoms with Gasteiger partial charge in [-0.25, -0.2) is 0 Å². The van der Waals surface area contributed by atoms with E-state index >= 15 is 0 Å². The highest BCUT2D eigenvalue weighted by Crippen LogP contribution is 2.29. The van der Waals surface area contributed by atoms with Crippen molar-refractivity contribution in [1.82, 2.24) is 4.57 Å². The van der Waals surface area contributed by atoms with Gasteiger partial charge in [0, 0.05) is 18.9 Å². The zero-order chi connectivity index (χ0) is 19.6. The van der Waals surface area contributed by atoms with Gasteiger partial charge in [0.25, 0.3) is 5.56 Å². The molecule has 0 radical (unpaired) electrons. The summed E-state index contributed by atoms with van der Waals surface area (Å²) >= 11 is 0. The van der Waals surface area contributed by atoms with Gasteiger partial charge in [-0.2, -0.15) is 0 Å². The van der Waals surface area contributed by atoms with Crippen LogP contribution in [-0.4, -0.2) is 15.5 Å². The quantitative estimate of drug-likeness (QED) is 0.387. The van der Waals surface area contributed by atoms with E-state index in [1.165, 1.54) is 31.2 Å². The normalized spacial score (nSPS) is 11.2. The van der Waals surface area contributed by atoms with E-state index in [1.807, 2.05) is 6.92 Å². The van der Waals surface area contributed by atoms with Crippen LogP contribution in [0.15, 0.2) is 45.6 Å². The molecule has 2 heterocycles. The number of hydrogen-bond donors (Lipinski definition) is 0. The molecule has 0 aliphatic carbocycles. The minimum atomic E-state index is -0.651. The molecule has 0 aliphatic heterocycles. The second-order valence-corrected chi connectivity index (χ2v) is 5.67. The van der Waals surface area contributed by atoms with Gasteiger partial charge in [0.2, 0.25) is 0 Å². The number of rotatable bonds is 5. The predicted octanol–water partition coefficient (Wildman–Crippen LogP) is 3.62. The first-order valence-corrected chi connectivity index (χ1v) is 8.18. The summed E-state index contributed by atoms with van der Waals surface area (Å²) < 4.78 is 12.0. The largest absolute Gasteiger partial charge is 0.433 e. The number of carbonyl (C=O) groups excluding carboxylic acids is 1. The molecule has 0 atom stereocenters. The third-order valence-electron chi connectivity index (χ3n) is 3.93. The molecule has 0 fully saturated rings. The Morgan fingerprint density at radius 3 is 2.63 bits per heavy atom. The van der Waals surface area contributed by atoms with Crippen molar-refractivity contribution in [2.45, 2.75) is 20.4 Å². The summed E-state index contributed by atoms with van der Waals surface area (Å²) in [7, 11) is 0. The van der Waals surface area contributed by atoms with Crippen molar-refractivity contribution in [2.24, 2.45) is 0 Å². The number of furan rings is 1. The van der Waals surface area contributed by atoms with E-state index in [1.54, 1.807) is 28.8 Å². The number of para-hydroxylation sites is 1. The number of pyridine rings is 1. The Morgan fingerprint density at radius 1 is 1.26 bits per heavy atom. The maximum atomic E-state index is 12.9. The van der Waals surface area contributed by atoms with Gasteiger partial charge in [-0.15, -0.1) is 0 Å². The number of hydrogen-bond acceptors (Lipinski definition) is 6. The number of aromatic nitrogens is 1. The SMILES string of the molecule is CCn1c(=O)c(/C=C/c2ccc([N+](=O)[O-])o2)c(OC(C)=O)c2ccccc21. The van der Waals surface area contributed by atoms with Crippen molar-refractivity contribution < 1.29 is 18.9 Å². The minimum absolute atomic E-state index is 0.144. The highest BCUT2D eigenvalue weighted by molar-refractivity contribution is 5.92. The summed E-state index contributed by atoms with van der Waals surface area (Å²) in [5.41, 5.74) is 0.460. The number of fused-ring (bicyclic) bond motifs is 1. The Kier molecular flexibility index (Phi) is 4.89. The minimum Gasteiger partial charge on any atom is -0.425 e. The molecular formula is C19H16N2O6. The highest BCUT2D eigenvalue weighted by atomic mass is 16.6. The Hall–Kier alpha value is -3.68. The summed E-state index contributed by atoms with van der Waals surface area (Å²) in [4.78, 5) is 34.6. The zero-order valence-electron chi connectivity index (χ0n) is 14.7. The molecule has 8 heteroatoms. The van der Waals surface area contributed by atoms with E-state index in [2.05, 4.69) is 0 Å². The van der Waals surface area contributed by atoms with Crippen molar-refractivity contribution in [3.8, 4) is 5.75 Å². The Balaban J connectivity index is 2.21. The van der Waals surface area contributed by atoms with Crippen LogP contribution in [0.4, 0.5) is 5.88 Å². The van der Waals surface area contributed by atoms with E-state index in [-0.39, 0.29) is 22.6 Å².